The van der Waals surface area contributed by atoms with E-state index in [0.29, 0.717) is 11.1 Å². The highest BCUT2D eigenvalue weighted by atomic mass is 35.5. The first-order valence-corrected chi connectivity index (χ1v) is 8.93. The monoisotopic (exact) mass is 272 g/mol. The summed E-state index contributed by atoms with van der Waals surface area (Å²) in [6, 6.07) is 0. The maximum absolute atomic E-state index is 6.65. The Labute approximate surface area is 101 Å². The SMILES string of the molecule is CPC1CC(C)(C)CC(Cl)(PC)C1Cl. The minimum atomic E-state index is -0.142. The van der Waals surface area contributed by atoms with Crippen LogP contribution in [0.3, 0.4) is 0 Å². The molecule has 0 bridgehead atoms. The molecule has 14 heavy (non-hydrogen) atoms. The maximum Gasteiger partial charge on any atom is 0.0783 e. The highest BCUT2D eigenvalue weighted by Crippen LogP contribution is 2.57. The Bertz CT molecular complexity index is 208. The lowest BCUT2D eigenvalue weighted by Gasteiger charge is -2.48. The van der Waals surface area contributed by atoms with Crippen molar-refractivity contribution >= 4 is 40.4 Å². The summed E-state index contributed by atoms with van der Waals surface area (Å²) in [4.78, 5) is 0. The summed E-state index contributed by atoms with van der Waals surface area (Å²) in [5.41, 5.74) is 0.981. The summed E-state index contributed by atoms with van der Waals surface area (Å²) in [6.45, 7) is 9.07. The second-order valence-corrected chi connectivity index (χ2v) is 9.13. The molecule has 0 heterocycles. The summed E-state index contributed by atoms with van der Waals surface area (Å²) < 4.78 is -0.142. The third-order valence-corrected chi connectivity index (χ3v) is 7.80. The van der Waals surface area contributed by atoms with Gasteiger partial charge in [-0.1, -0.05) is 13.8 Å². The third-order valence-electron chi connectivity index (χ3n) is 3.09. The summed E-state index contributed by atoms with van der Waals surface area (Å²) in [5.74, 6) is 0. The topological polar surface area (TPSA) is 0 Å². The Hall–Kier alpha value is 1.44. The van der Waals surface area contributed by atoms with Crippen LogP contribution in [0, 0.1) is 5.41 Å². The molecule has 5 atom stereocenters. The van der Waals surface area contributed by atoms with E-state index in [-0.39, 0.29) is 9.99 Å². The van der Waals surface area contributed by atoms with Crippen molar-refractivity contribution < 1.29 is 0 Å². The number of alkyl halides is 2. The van der Waals surface area contributed by atoms with Gasteiger partial charge in [-0.05, 0) is 37.2 Å². The highest BCUT2D eigenvalue weighted by Gasteiger charge is 2.48. The van der Waals surface area contributed by atoms with Gasteiger partial charge >= 0.3 is 0 Å². The smallest absolute Gasteiger partial charge is 0.0783 e. The molecule has 0 saturated heterocycles. The fourth-order valence-electron chi connectivity index (χ4n) is 2.36. The Balaban J connectivity index is 2.87. The van der Waals surface area contributed by atoms with Crippen LogP contribution in [0.2, 0.25) is 0 Å². The van der Waals surface area contributed by atoms with Gasteiger partial charge in [0.15, 0.2) is 0 Å². The Morgan fingerprint density at radius 3 is 2.29 bits per heavy atom. The molecule has 84 valence electrons. The van der Waals surface area contributed by atoms with Crippen LogP contribution >= 0.6 is 40.4 Å². The molecule has 0 aliphatic heterocycles. The molecule has 1 fully saturated rings. The Morgan fingerprint density at radius 2 is 1.86 bits per heavy atom. The minimum absolute atomic E-state index is 0.142. The molecular formula is C10H20Cl2P2. The van der Waals surface area contributed by atoms with E-state index >= 15 is 0 Å². The van der Waals surface area contributed by atoms with Gasteiger partial charge in [-0.2, -0.15) is 0 Å². The van der Waals surface area contributed by atoms with E-state index in [2.05, 4.69) is 27.2 Å². The van der Waals surface area contributed by atoms with Crippen LogP contribution in [-0.2, 0) is 0 Å². The second kappa shape index (κ2) is 4.75. The van der Waals surface area contributed by atoms with Crippen LogP contribution in [0.15, 0.2) is 0 Å². The maximum atomic E-state index is 6.65. The fourth-order valence-corrected chi connectivity index (χ4v) is 6.48. The van der Waals surface area contributed by atoms with Gasteiger partial charge < -0.3 is 0 Å². The number of hydrogen-bond acceptors (Lipinski definition) is 0. The summed E-state index contributed by atoms with van der Waals surface area (Å²) in [7, 11) is 1.65. The molecule has 0 radical (unpaired) electrons. The van der Waals surface area contributed by atoms with Gasteiger partial charge in [-0.25, -0.2) is 0 Å². The molecular weight excluding hydrogens is 253 g/mol. The first kappa shape index (κ1) is 13.5. The van der Waals surface area contributed by atoms with Crippen molar-refractivity contribution in [1.82, 2.24) is 0 Å². The second-order valence-electron chi connectivity index (χ2n) is 4.95. The summed E-state index contributed by atoms with van der Waals surface area (Å²) in [5, 5.41) is 0.170. The van der Waals surface area contributed by atoms with Crippen molar-refractivity contribution in [3.8, 4) is 0 Å². The van der Waals surface area contributed by atoms with Crippen LogP contribution < -0.4 is 0 Å². The first-order valence-electron chi connectivity index (χ1n) is 5.04. The fraction of sp³-hybridized carbons (Fsp3) is 1.00. The number of rotatable bonds is 2. The normalized spacial score (nSPS) is 44.1. The molecule has 0 aromatic carbocycles. The third kappa shape index (κ3) is 2.76. The number of hydrogen-bond donors (Lipinski definition) is 0. The zero-order valence-corrected chi connectivity index (χ0v) is 12.8. The van der Waals surface area contributed by atoms with E-state index in [1.165, 1.54) is 6.42 Å². The van der Waals surface area contributed by atoms with Crippen molar-refractivity contribution in [2.45, 2.75) is 42.3 Å². The molecule has 1 rings (SSSR count). The predicted octanol–water partition coefficient (Wildman–Crippen LogP) is 4.33. The standard InChI is InChI=1S/C10H20Cl2P2/c1-9(2)5-7(13-3)8(11)10(12,6-9)14-4/h7-8,13-14H,5-6H2,1-4H3. The van der Waals surface area contributed by atoms with Crippen LogP contribution in [0.1, 0.15) is 26.7 Å². The van der Waals surface area contributed by atoms with Gasteiger partial charge in [0.25, 0.3) is 0 Å². The average molecular weight is 273 g/mol. The van der Waals surface area contributed by atoms with E-state index in [0.717, 1.165) is 23.6 Å². The molecule has 0 aromatic heterocycles. The molecule has 1 aliphatic carbocycles. The van der Waals surface area contributed by atoms with E-state index in [9.17, 15) is 0 Å². The highest BCUT2D eigenvalue weighted by molar-refractivity contribution is 7.42. The van der Waals surface area contributed by atoms with Gasteiger partial charge in [0, 0.05) is 0 Å². The molecule has 1 aliphatic rings. The van der Waals surface area contributed by atoms with E-state index < -0.39 is 0 Å². The zero-order valence-electron chi connectivity index (χ0n) is 9.32. The lowest BCUT2D eigenvalue weighted by molar-refractivity contribution is 0.244. The predicted molar refractivity (Wildman–Crippen MR) is 73.5 cm³/mol. The Kier molecular flexibility index (Phi) is 4.58. The average Bonchev–Trinajstić information content (AvgIpc) is 2.10. The van der Waals surface area contributed by atoms with Crippen LogP contribution in [-0.4, -0.2) is 29.0 Å². The summed E-state index contributed by atoms with van der Waals surface area (Å²) in [6.07, 6.45) is 2.29. The zero-order chi connectivity index (χ0) is 11.0. The van der Waals surface area contributed by atoms with Crippen molar-refractivity contribution in [1.29, 1.82) is 0 Å². The molecule has 0 nitrogen and oxygen atoms in total. The van der Waals surface area contributed by atoms with Crippen molar-refractivity contribution in [3.05, 3.63) is 0 Å². The number of halogens is 2. The largest absolute Gasteiger partial charge is 0.121 e. The molecule has 4 heteroatoms. The van der Waals surface area contributed by atoms with Gasteiger partial charge in [0.1, 0.15) is 0 Å². The molecule has 1 saturated carbocycles. The van der Waals surface area contributed by atoms with Crippen LogP contribution in [0.4, 0.5) is 0 Å². The lowest BCUT2D eigenvalue weighted by Crippen LogP contribution is -2.46. The lowest BCUT2D eigenvalue weighted by atomic mass is 9.76. The van der Waals surface area contributed by atoms with Crippen LogP contribution in [0.25, 0.3) is 0 Å². The molecule has 0 aromatic rings. The first-order chi connectivity index (χ1) is 6.34. The van der Waals surface area contributed by atoms with Crippen LogP contribution in [0.5, 0.6) is 0 Å². The van der Waals surface area contributed by atoms with E-state index in [4.69, 9.17) is 23.2 Å². The molecule has 0 N–H and O–H groups in total. The quantitative estimate of drug-likeness (QED) is 0.518. The minimum Gasteiger partial charge on any atom is -0.121 e. The van der Waals surface area contributed by atoms with E-state index in [1.54, 1.807) is 0 Å². The van der Waals surface area contributed by atoms with Gasteiger partial charge in [0.05, 0.1) is 9.99 Å². The molecule has 0 amide bonds. The summed E-state index contributed by atoms with van der Waals surface area (Å²) >= 11 is 13.2. The van der Waals surface area contributed by atoms with Crippen molar-refractivity contribution in [3.63, 3.8) is 0 Å². The Morgan fingerprint density at radius 1 is 1.29 bits per heavy atom. The van der Waals surface area contributed by atoms with Gasteiger partial charge in [0.2, 0.25) is 0 Å². The molecule has 5 unspecified atom stereocenters. The van der Waals surface area contributed by atoms with Gasteiger partial charge in [-0.15, -0.1) is 40.4 Å². The van der Waals surface area contributed by atoms with Crippen molar-refractivity contribution in [2.24, 2.45) is 5.41 Å². The molecule has 0 spiro atoms. The van der Waals surface area contributed by atoms with E-state index in [1.807, 2.05) is 0 Å². The van der Waals surface area contributed by atoms with Crippen molar-refractivity contribution in [2.75, 3.05) is 13.3 Å². The van der Waals surface area contributed by atoms with Gasteiger partial charge in [-0.3, -0.25) is 0 Å².